The predicted octanol–water partition coefficient (Wildman–Crippen LogP) is 4.69. The summed E-state index contributed by atoms with van der Waals surface area (Å²) in [6, 6.07) is 15.4. The third-order valence-corrected chi connectivity index (χ3v) is 4.87. The monoisotopic (exact) mass is 393 g/mol. The molecular formula is C23H27N3O3. The van der Waals surface area contributed by atoms with Crippen LogP contribution in [-0.4, -0.2) is 31.3 Å². The van der Waals surface area contributed by atoms with Gasteiger partial charge in [0.2, 0.25) is 5.91 Å². The van der Waals surface area contributed by atoms with E-state index in [9.17, 15) is 4.79 Å². The average Bonchev–Trinajstić information content (AvgIpc) is 3.19. The second-order valence-corrected chi connectivity index (χ2v) is 6.81. The standard InChI is InChI=1S/C23H27N3O3/c1-5-26(6-2)19-10-11-21(16(3)12-19)24-23(27)15-18-14-22(29-25-18)17-8-7-9-20(13-17)28-4/h7-14H,5-6,15H2,1-4H3,(H,24,27). The number of hydrogen-bond acceptors (Lipinski definition) is 5. The van der Waals surface area contributed by atoms with Crippen molar-refractivity contribution in [3.8, 4) is 17.1 Å². The zero-order chi connectivity index (χ0) is 20.8. The number of aromatic nitrogens is 1. The van der Waals surface area contributed by atoms with E-state index < -0.39 is 0 Å². The minimum absolute atomic E-state index is 0.130. The number of benzene rings is 2. The molecule has 0 atom stereocenters. The molecule has 0 aliphatic heterocycles. The highest BCUT2D eigenvalue weighted by Gasteiger charge is 2.13. The summed E-state index contributed by atoms with van der Waals surface area (Å²) in [6.45, 7) is 8.16. The Morgan fingerprint density at radius 1 is 1.14 bits per heavy atom. The van der Waals surface area contributed by atoms with E-state index in [-0.39, 0.29) is 12.3 Å². The molecule has 1 amide bonds. The van der Waals surface area contributed by atoms with Crippen LogP contribution >= 0.6 is 0 Å². The summed E-state index contributed by atoms with van der Waals surface area (Å²) in [5, 5.41) is 7.00. The zero-order valence-corrected chi connectivity index (χ0v) is 17.4. The van der Waals surface area contributed by atoms with Gasteiger partial charge in [0.1, 0.15) is 5.75 Å². The Kier molecular flexibility index (Phi) is 6.54. The van der Waals surface area contributed by atoms with Gasteiger partial charge in [0.25, 0.3) is 0 Å². The third kappa shape index (κ3) is 4.96. The summed E-state index contributed by atoms with van der Waals surface area (Å²) in [4.78, 5) is 14.8. The summed E-state index contributed by atoms with van der Waals surface area (Å²) in [5.41, 5.74) is 4.43. The predicted molar refractivity (Wildman–Crippen MR) is 116 cm³/mol. The summed E-state index contributed by atoms with van der Waals surface area (Å²) in [7, 11) is 1.62. The van der Waals surface area contributed by atoms with Crippen molar-refractivity contribution in [2.45, 2.75) is 27.2 Å². The van der Waals surface area contributed by atoms with Crippen LogP contribution in [0.4, 0.5) is 11.4 Å². The van der Waals surface area contributed by atoms with E-state index in [1.807, 2.05) is 43.3 Å². The van der Waals surface area contributed by atoms with Crippen molar-refractivity contribution in [1.82, 2.24) is 5.16 Å². The molecular weight excluding hydrogens is 366 g/mol. The molecule has 1 heterocycles. The van der Waals surface area contributed by atoms with Gasteiger partial charge in [-0.25, -0.2) is 0 Å². The molecule has 0 radical (unpaired) electrons. The molecule has 0 fully saturated rings. The quantitative estimate of drug-likeness (QED) is 0.601. The smallest absolute Gasteiger partial charge is 0.230 e. The van der Waals surface area contributed by atoms with E-state index in [1.54, 1.807) is 13.2 Å². The molecule has 0 unspecified atom stereocenters. The van der Waals surface area contributed by atoms with Crippen LogP contribution in [0.15, 0.2) is 53.1 Å². The largest absolute Gasteiger partial charge is 0.497 e. The van der Waals surface area contributed by atoms with Gasteiger partial charge in [0.05, 0.1) is 19.2 Å². The van der Waals surface area contributed by atoms with E-state index >= 15 is 0 Å². The number of hydrogen-bond donors (Lipinski definition) is 1. The Bertz CT molecular complexity index is 977. The lowest BCUT2D eigenvalue weighted by molar-refractivity contribution is -0.115. The highest BCUT2D eigenvalue weighted by atomic mass is 16.5. The summed E-state index contributed by atoms with van der Waals surface area (Å²) < 4.78 is 10.6. The number of nitrogens with zero attached hydrogens (tertiary/aromatic N) is 2. The molecule has 1 N–H and O–H groups in total. The first-order chi connectivity index (χ1) is 14.0. The number of rotatable bonds is 8. The van der Waals surface area contributed by atoms with E-state index in [0.29, 0.717) is 11.5 Å². The van der Waals surface area contributed by atoms with Crippen LogP contribution in [0.3, 0.4) is 0 Å². The van der Waals surface area contributed by atoms with Gasteiger partial charge < -0.3 is 19.5 Å². The van der Waals surface area contributed by atoms with Crippen molar-refractivity contribution in [2.24, 2.45) is 0 Å². The lowest BCUT2D eigenvalue weighted by atomic mass is 10.1. The van der Waals surface area contributed by atoms with Gasteiger partial charge in [0, 0.05) is 36.1 Å². The molecule has 0 saturated heterocycles. The highest BCUT2D eigenvalue weighted by molar-refractivity contribution is 5.93. The van der Waals surface area contributed by atoms with Crippen LogP contribution in [-0.2, 0) is 11.2 Å². The maximum atomic E-state index is 12.5. The van der Waals surface area contributed by atoms with Crippen molar-refractivity contribution >= 4 is 17.3 Å². The van der Waals surface area contributed by atoms with Crippen LogP contribution in [0.1, 0.15) is 25.1 Å². The van der Waals surface area contributed by atoms with E-state index in [0.717, 1.165) is 41.3 Å². The normalized spacial score (nSPS) is 10.6. The molecule has 3 rings (SSSR count). The minimum Gasteiger partial charge on any atom is -0.497 e. The summed E-state index contributed by atoms with van der Waals surface area (Å²) in [6.07, 6.45) is 0.144. The molecule has 6 nitrogen and oxygen atoms in total. The number of ether oxygens (including phenoxy) is 1. The van der Waals surface area contributed by atoms with Crippen molar-refractivity contribution in [1.29, 1.82) is 0 Å². The van der Waals surface area contributed by atoms with Crippen LogP contribution in [0, 0.1) is 6.92 Å². The van der Waals surface area contributed by atoms with Crippen LogP contribution in [0.25, 0.3) is 11.3 Å². The van der Waals surface area contributed by atoms with Crippen molar-refractivity contribution in [3.05, 3.63) is 59.8 Å². The molecule has 0 aliphatic carbocycles. The first-order valence-corrected chi connectivity index (χ1v) is 9.79. The Labute approximate surface area is 171 Å². The molecule has 2 aromatic carbocycles. The van der Waals surface area contributed by atoms with Gasteiger partial charge in [-0.05, 0) is 56.7 Å². The van der Waals surface area contributed by atoms with E-state index in [2.05, 4.69) is 35.3 Å². The molecule has 3 aromatic rings. The maximum Gasteiger partial charge on any atom is 0.230 e. The lowest BCUT2D eigenvalue weighted by Crippen LogP contribution is -2.22. The SMILES string of the molecule is CCN(CC)c1ccc(NC(=O)Cc2cc(-c3cccc(OC)c3)on2)c(C)c1. The molecule has 0 saturated carbocycles. The number of amides is 1. The van der Waals surface area contributed by atoms with Gasteiger partial charge in [-0.1, -0.05) is 17.3 Å². The van der Waals surface area contributed by atoms with Crippen molar-refractivity contribution in [3.63, 3.8) is 0 Å². The van der Waals surface area contributed by atoms with Gasteiger partial charge >= 0.3 is 0 Å². The number of nitrogens with one attached hydrogen (secondary N) is 1. The highest BCUT2D eigenvalue weighted by Crippen LogP contribution is 2.25. The van der Waals surface area contributed by atoms with Gasteiger partial charge in [-0.15, -0.1) is 0 Å². The van der Waals surface area contributed by atoms with Crippen LogP contribution < -0.4 is 15.0 Å². The van der Waals surface area contributed by atoms with Crippen molar-refractivity contribution in [2.75, 3.05) is 30.4 Å². The second-order valence-electron chi connectivity index (χ2n) is 6.81. The first-order valence-electron chi connectivity index (χ1n) is 9.79. The molecule has 6 heteroatoms. The van der Waals surface area contributed by atoms with Gasteiger partial charge in [0.15, 0.2) is 5.76 Å². The zero-order valence-electron chi connectivity index (χ0n) is 17.4. The van der Waals surface area contributed by atoms with Gasteiger partial charge in [-0.2, -0.15) is 0 Å². The number of methoxy groups -OCH3 is 1. The fourth-order valence-corrected chi connectivity index (χ4v) is 3.24. The van der Waals surface area contributed by atoms with Crippen molar-refractivity contribution < 1.29 is 14.1 Å². The van der Waals surface area contributed by atoms with Gasteiger partial charge in [-0.3, -0.25) is 4.79 Å². The Balaban J connectivity index is 1.66. The number of anilines is 2. The molecule has 0 spiro atoms. The molecule has 0 aliphatic rings. The van der Waals surface area contributed by atoms with Crippen LogP contribution in [0.5, 0.6) is 5.75 Å². The Morgan fingerprint density at radius 2 is 1.93 bits per heavy atom. The molecule has 1 aromatic heterocycles. The number of carbonyl (C=O) groups excluding carboxylic acids is 1. The molecule has 152 valence electrons. The molecule has 29 heavy (non-hydrogen) atoms. The average molecular weight is 393 g/mol. The lowest BCUT2D eigenvalue weighted by Gasteiger charge is -2.22. The maximum absolute atomic E-state index is 12.5. The van der Waals surface area contributed by atoms with E-state index in [1.165, 1.54) is 0 Å². The third-order valence-electron chi connectivity index (χ3n) is 4.87. The minimum atomic E-state index is -0.130. The number of aryl methyl sites for hydroxylation is 1. The Hall–Kier alpha value is -3.28. The van der Waals surface area contributed by atoms with E-state index in [4.69, 9.17) is 9.26 Å². The summed E-state index contributed by atoms with van der Waals surface area (Å²) in [5.74, 6) is 1.21. The topological polar surface area (TPSA) is 67.6 Å². The Morgan fingerprint density at radius 3 is 2.62 bits per heavy atom. The molecule has 0 bridgehead atoms. The fourth-order valence-electron chi connectivity index (χ4n) is 3.24. The van der Waals surface area contributed by atoms with Crippen LogP contribution in [0.2, 0.25) is 0 Å². The fraction of sp³-hybridized carbons (Fsp3) is 0.304. The second kappa shape index (κ2) is 9.28. The number of carbonyl (C=O) groups is 1. The first kappa shape index (κ1) is 20.5. The summed E-state index contributed by atoms with van der Waals surface area (Å²) >= 11 is 0.